The predicted octanol–water partition coefficient (Wildman–Crippen LogP) is 4.06. The van der Waals surface area contributed by atoms with Crippen LogP contribution in [-0.2, 0) is 0 Å². The number of rotatable bonds is 3. The number of anilines is 1. The summed E-state index contributed by atoms with van der Waals surface area (Å²) in [6.07, 6.45) is 1.81. The Morgan fingerprint density at radius 2 is 1.83 bits per heavy atom. The van der Waals surface area contributed by atoms with Crippen molar-refractivity contribution in [1.82, 2.24) is 14.9 Å². The van der Waals surface area contributed by atoms with Gasteiger partial charge in [-0.25, -0.2) is 18.7 Å². The number of hydrogen-bond acceptors (Lipinski definition) is 5. The maximum atomic E-state index is 13.9. The maximum absolute atomic E-state index is 13.9. The van der Waals surface area contributed by atoms with Gasteiger partial charge in [0, 0.05) is 42.8 Å². The molecule has 1 aliphatic rings. The van der Waals surface area contributed by atoms with E-state index in [1.165, 1.54) is 4.88 Å². The molecular weight excluding hydrogens is 394 g/mol. The first-order valence-corrected chi connectivity index (χ1v) is 10.1. The van der Waals surface area contributed by atoms with Gasteiger partial charge in [-0.15, -0.1) is 11.3 Å². The number of aromatic nitrogens is 2. The Morgan fingerprint density at radius 3 is 2.45 bits per heavy atom. The van der Waals surface area contributed by atoms with Crippen molar-refractivity contribution in [1.29, 1.82) is 0 Å². The zero-order chi connectivity index (χ0) is 20.5. The fraction of sp³-hybridized carbons (Fsp3) is 0.286. The number of halogens is 2. The second kappa shape index (κ2) is 7.87. The molecule has 29 heavy (non-hydrogen) atoms. The van der Waals surface area contributed by atoms with Crippen LogP contribution >= 0.6 is 11.3 Å². The lowest BCUT2D eigenvalue weighted by Gasteiger charge is -2.35. The largest absolute Gasteiger partial charge is 0.353 e. The molecule has 0 radical (unpaired) electrons. The number of nitrogens with zero attached hydrogens (tertiary/aromatic N) is 4. The van der Waals surface area contributed by atoms with Gasteiger partial charge in [0.05, 0.1) is 11.3 Å². The van der Waals surface area contributed by atoms with E-state index in [2.05, 4.69) is 21.8 Å². The molecule has 1 amide bonds. The molecule has 0 spiro atoms. The summed E-state index contributed by atoms with van der Waals surface area (Å²) in [5.41, 5.74) is 1.78. The molecule has 1 aliphatic heterocycles. The molecule has 3 aromatic rings. The number of aryl methyl sites for hydroxylation is 2. The van der Waals surface area contributed by atoms with E-state index < -0.39 is 17.5 Å². The van der Waals surface area contributed by atoms with E-state index in [1.807, 2.05) is 25.3 Å². The number of hydrogen-bond donors (Lipinski definition) is 0. The first kappa shape index (κ1) is 19.4. The highest BCUT2D eigenvalue weighted by atomic mass is 32.1. The van der Waals surface area contributed by atoms with Crippen molar-refractivity contribution in [2.24, 2.45) is 0 Å². The molecule has 2 aromatic heterocycles. The lowest BCUT2D eigenvalue weighted by molar-refractivity contribution is 0.0741. The molecule has 0 aliphatic carbocycles. The number of benzene rings is 1. The zero-order valence-electron chi connectivity index (χ0n) is 16.2. The summed E-state index contributed by atoms with van der Waals surface area (Å²) in [5.74, 6) is -0.991. The molecule has 150 valence electrons. The number of pyridine rings is 1. The lowest BCUT2D eigenvalue weighted by atomic mass is 10.1. The summed E-state index contributed by atoms with van der Waals surface area (Å²) < 4.78 is 27.3. The van der Waals surface area contributed by atoms with E-state index >= 15 is 0 Å². The van der Waals surface area contributed by atoms with E-state index in [0.717, 1.165) is 40.3 Å². The summed E-state index contributed by atoms with van der Waals surface area (Å²) in [6.45, 7) is 6.03. The van der Waals surface area contributed by atoms with Crippen LogP contribution in [0.15, 0.2) is 36.5 Å². The SMILES string of the molecule is Cc1nc(-c2ccc(N3CCN(C(=O)c4cc(F)ccc4F)CC3)nc2)sc1C. The number of carbonyl (C=O) groups is 1. The molecule has 0 atom stereocenters. The zero-order valence-corrected chi connectivity index (χ0v) is 17.0. The van der Waals surface area contributed by atoms with E-state index in [-0.39, 0.29) is 5.56 Å². The van der Waals surface area contributed by atoms with E-state index in [1.54, 1.807) is 16.2 Å². The van der Waals surface area contributed by atoms with E-state index in [0.29, 0.717) is 26.2 Å². The van der Waals surface area contributed by atoms with Gasteiger partial charge in [-0.05, 0) is 44.2 Å². The minimum atomic E-state index is -0.705. The summed E-state index contributed by atoms with van der Waals surface area (Å²) in [7, 11) is 0. The van der Waals surface area contributed by atoms with Gasteiger partial charge in [-0.1, -0.05) is 0 Å². The topological polar surface area (TPSA) is 49.3 Å². The van der Waals surface area contributed by atoms with Gasteiger partial charge in [0.1, 0.15) is 22.5 Å². The highest BCUT2D eigenvalue weighted by Gasteiger charge is 2.25. The monoisotopic (exact) mass is 414 g/mol. The first-order chi connectivity index (χ1) is 13.9. The molecule has 1 aromatic carbocycles. The Hall–Kier alpha value is -2.87. The van der Waals surface area contributed by atoms with E-state index in [9.17, 15) is 13.6 Å². The first-order valence-electron chi connectivity index (χ1n) is 9.32. The molecule has 0 bridgehead atoms. The van der Waals surface area contributed by atoms with Gasteiger partial charge in [0.25, 0.3) is 5.91 Å². The number of piperazine rings is 1. The molecule has 1 saturated heterocycles. The molecule has 5 nitrogen and oxygen atoms in total. The minimum Gasteiger partial charge on any atom is -0.353 e. The second-order valence-corrected chi connectivity index (χ2v) is 8.17. The molecule has 1 fully saturated rings. The van der Waals surface area contributed by atoms with Crippen molar-refractivity contribution in [2.45, 2.75) is 13.8 Å². The van der Waals surface area contributed by atoms with Crippen LogP contribution in [0.2, 0.25) is 0 Å². The van der Waals surface area contributed by atoms with Gasteiger partial charge in [0.2, 0.25) is 0 Å². The number of amides is 1. The molecule has 4 rings (SSSR count). The van der Waals surface area contributed by atoms with Crippen LogP contribution in [0.4, 0.5) is 14.6 Å². The van der Waals surface area contributed by atoms with Crippen LogP contribution in [-0.4, -0.2) is 47.0 Å². The second-order valence-electron chi connectivity index (χ2n) is 6.97. The Morgan fingerprint density at radius 1 is 1.07 bits per heavy atom. The van der Waals surface area contributed by atoms with Crippen LogP contribution < -0.4 is 4.90 Å². The summed E-state index contributed by atoms with van der Waals surface area (Å²) in [6, 6.07) is 6.89. The van der Waals surface area contributed by atoms with Crippen LogP contribution in [0.25, 0.3) is 10.6 Å². The smallest absolute Gasteiger partial charge is 0.257 e. The van der Waals surface area contributed by atoms with Crippen LogP contribution in [0, 0.1) is 25.5 Å². The Kier molecular flexibility index (Phi) is 5.27. The van der Waals surface area contributed by atoms with Crippen molar-refractivity contribution in [2.75, 3.05) is 31.1 Å². The molecule has 0 unspecified atom stereocenters. The average molecular weight is 414 g/mol. The third-order valence-electron chi connectivity index (χ3n) is 5.07. The molecule has 0 N–H and O–H groups in total. The fourth-order valence-electron chi connectivity index (χ4n) is 3.27. The lowest BCUT2D eigenvalue weighted by Crippen LogP contribution is -2.49. The maximum Gasteiger partial charge on any atom is 0.257 e. The third kappa shape index (κ3) is 3.98. The summed E-state index contributed by atoms with van der Waals surface area (Å²) in [4.78, 5) is 26.5. The summed E-state index contributed by atoms with van der Waals surface area (Å²) >= 11 is 1.65. The fourth-order valence-corrected chi connectivity index (χ4v) is 4.17. The Labute approximate surface area is 171 Å². The normalized spacial score (nSPS) is 14.3. The molecule has 3 heterocycles. The van der Waals surface area contributed by atoms with Crippen LogP contribution in [0.1, 0.15) is 20.9 Å². The van der Waals surface area contributed by atoms with Crippen molar-refractivity contribution in [3.05, 3.63) is 64.3 Å². The van der Waals surface area contributed by atoms with Crippen molar-refractivity contribution < 1.29 is 13.6 Å². The van der Waals surface area contributed by atoms with Gasteiger partial charge in [-0.3, -0.25) is 4.79 Å². The van der Waals surface area contributed by atoms with Crippen LogP contribution in [0.3, 0.4) is 0 Å². The van der Waals surface area contributed by atoms with E-state index in [4.69, 9.17) is 0 Å². The Bertz CT molecular complexity index is 1020. The summed E-state index contributed by atoms with van der Waals surface area (Å²) in [5, 5.41) is 0.951. The van der Waals surface area contributed by atoms with Crippen molar-refractivity contribution >= 4 is 23.1 Å². The Balaban J connectivity index is 1.41. The predicted molar refractivity (Wildman–Crippen MR) is 109 cm³/mol. The quantitative estimate of drug-likeness (QED) is 0.649. The minimum absolute atomic E-state index is 0.227. The molecule has 0 saturated carbocycles. The average Bonchev–Trinajstić information content (AvgIpc) is 3.08. The highest BCUT2D eigenvalue weighted by Crippen LogP contribution is 2.28. The van der Waals surface area contributed by atoms with Crippen LogP contribution in [0.5, 0.6) is 0 Å². The molecule has 8 heteroatoms. The van der Waals surface area contributed by atoms with Gasteiger partial charge in [-0.2, -0.15) is 0 Å². The number of carbonyl (C=O) groups excluding carboxylic acids is 1. The third-order valence-corrected chi connectivity index (χ3v) is 6.19. The number of thiazole rings is 1. The molecular formula is C21H20F2N4OS. The van der Waals surface area contributed by atoms with Crippen molar-refractivity contribution in [3.63, 3.8) is 0 Å². The van der Waals surface area contributed by atoms with Crippen molar-refractivity contribution in [3.8, 4) is 10.6 Å². The van der Waals surface area contributed by atoms with Gasteiger partial charge in [0.15, 0.2) is 0 Å². The van der Waals surface area contributed by atoms with Gasteiger partial charge < -0.3 is 9.80 Å². The van der Waals surface area contributed by atoms with Gasteiger partial charge >= 0.3 is 0 Å². The highest BCUT2D eigenvalue weighted by molar-refractivity contribution is 7.15. The standard InChI is InChI=1S/C21H20F2N4OS/c1-13-14(2)29-20(25-13)15-3-6-19(24-12-15)26-7-9-27(10-8-26)21(28)17-11-16(22)4-5-18(17)23/h3-6,11-12H,7-10H2,1-2H3.